The standard InChI is InChI=1S/C21H22N4O4S/c1-12-19(29-13(2)22-12)20(27)24-21-23-16(11-30-21)14-4-6-17-15(10-14)5-7-18(26)25(17)8-9-28-3/h4,6,10-11H,5,7-9H2,1-3H3,(H,23,24,27). The van der Waals surface area contributed by atoms with Crippen LogP contribution in [0.15, 0.2) is 28.0 Å². The van der Waals surface area contributed by atoms with Crippen molar-refractivity contribution in [1.29, 1.82) is 0 Å². The predicted octanol–water partition coefficient (Wildman–Crippen LogP) is 3.59. The summed E-state index contributed by atoms with van der Waals surface area (Å²) >= 11 is 1.34. The molecule has 3 aromatic rings. The number of carbonyl (C=O) groups excluding carboxylic acids is 2. The minimum absolute atomic E-state index is 0.115. The lowest BCUT2D eigenvalue weighted by molar-refractivity contribution is -0.119. The third-order valence-corrected chi connectivity index (χ3v) is 5.69. The number of aryl methyl sites for hydroxylation is 3. The molecule has 0 saturated carbocycles. The number of fused-ring (bicyclic) bond motifs is 1. The molecule has 1 aromatic carbocycles. The topological polar surface area (TPSA) is 97.6 Å². The first-order chi connectivity index (χ1) is 14.5. The third kappa shape index (κ3) is 3.99. The Morgan fingerprint density at radius 3 is 2.87 bits per heavy atom. The number of hydrogen-bond donors (Lipinski definition) is 1. The minimum atomic E-state index is -0.369. The number of anilines is 2. The van der Waals surface area contributed by atoms with Crippen LogP contribution in [0, 0.1) is 13.8 Å². The van der Waals surface area contributed by atoms with Crippen LogP contribution in [0.3, 0.4) is 0 Å². The Labute approximate surface area is 177 Å². The van der Waals surface area contributed by atoms with Crippen LogP contribution in [-0.4, -0.2) is 42.0 Å². The van der Waals surface area contributed by atoms with Crippen molar-refractivity contribution < 1.29 is 18.7 Å². The highest BCUT2D eigenvalue weighted by molar-refractivity contribution is 7.14. The SMILES string of the molecule is COCCN1C(=O)CCc2cc(-c3csc(NC(=O)c4oc(C)nc4C)n3)ccc21. The maximum Gasteiger partial charge on any atom is 0.295 e. The Hall–Kier alpha value is -3.04. The zero-order chi connectivity index (χ0) is 21.3. The summed E-state index contributed by atoms with van der Waals surface area (Å²) in [5.74, 6) is 0.388. The van der Waals surface area contributed by atoms with Gasteiger partial charge in [0, 0.05) is 43.6 Å². The molecule has 0 atom stereocenters. The van der Waals surface area contributed by atoms with E-state index in [0.29, 0.717) is 42.7 Å². The van der Waals surface area contributed by atoms with Crippen LogP contribution in [0.5, 0.6) is 0 Å². The molecule has 0 unspecified atom stereocenters. The molecule has 2 aromatic heterocycles. The van der Waals surface area contributed by atoms with E-state index in [2.05, 4.69) is 21.4 Å². The van der Waals surface area contributed by atoms with Gasteiger partial charge in [-0.3, -0.25) is 14.9 Å². The number of carbonyl (C=O) groups is 2. The lowest BCUT2D eigenvalue weighted by Gasteiger charge is -2.29. The molecule has 0 fully saturated rings. The lowest BCUT2D eigenvalue weighted by Crippen LogP contribution is -2.37. The average molecular weight is 426 g/mol. The number of rotatable bonds is 6. The highest BCUT2D eigenvalue weighted by Gasteiger charge is 2.24. The van der Waals surface area contributed by atoms with E-state index in [1.54, 1.807) is 25.9 Å². The van der Waals surface area contributed by atoms with Crippen molar-refractivity contribution in [2.75, 3.05) is 30.5 Å². The second-order valence-corrected chi connectivity index (χ2v) is 7.88. The number of oxazole rings is 1. The number of methoxy groups -OCH3 is 1. The Morgan fingerprint density at radius 2 is 2.13 bits per heavy atom. The van der Waals surface area contributed by atoms with Gasteiger partial charge in [-0.15, -0.1) is 11.3 Å². The fourth-order valence-electron chi connectivity index (χ4n) is 3.51. The Morgan fingerprint density at radius 1 is 1.30 bits per heavy atom. The highest BCUT2D eigenvalue weighted by Crippen LogP contribution is 2.33. The van der Waals surface area contributed by atoms with E-state index in [9.17, 15) is 9.59 Å². The molecule has 8 nitrogen and oxygen atoms in total. The second-order valence-electron chi connectivity index (χ2n) is 7.02. The molecule has 3 heterocycles. The number of ether oxygens (including phenoxy) is 1. The summed E-state index contributed by atoms with van der Waals surface area (Å²) in [5, 5.41) is 5.15. The van der Waals surface area contributed by atoms with Gasteiger partial charge in [0.05, 0.1) is 18.0 Å². The van der Waals surface area contributed by atoms with Crippen molar-refractivity contribution in [2.45, 2.75) is 26.7 Å². The molecule has 4 rings (SSSR count). The van der Waals surface area contributed by atoms with Gasteiger partial charge in [-0.2, -0.15) is 0 Å². The normalized spacial score (nSPS) is 13.4. The van der Waals surface area contributed by atoms with Gasteiger partial charge in [-0.25, -0.2) is 9.97 Å². The Balaban J connectivity index is 1.53. The van der Waals surface area contributed by atoms with Crippen LogP contribution in [-0.2, 0) is 16.0 Å². The zero-order valence-electron chi connectivity index (χ0n) is 17.0. The smallest absolute Gasteiger partial charge is 0.295 e. The van der Waals surface area contributed by atoms with E-state index in [1.807, 2.05) is 17.5 Å². The van der Waals surface area contributed by atoms with E-state index in [-0.39, 0.29) is 17.6 Å². The summed E-state index contributed by atoms with van der Waals surface area (Å²) in [6, 6.07) is 5.96. The van der Waals surface area contributed by atoms with Crippen molar-refractivity contribution in [1.82, 2.24) is 9.97 Å². The average Bonchev–Trinajstić information content (AvgIpc) is 3.32. The fraction of sp³-hybridized carbons (Fsp3) is 0.333. The van der Waals surface area contributed by atoms with E-state index in [1.165, 1.54) is 11.3 Å². The maximum absolute atomic E-state index is 12.4. The molecule has 2 amide bonds. The maximum atomic E-state index is 12.4. The zero-order valence-corrected chi connectivity index (χ0v) is 17.8. The quantitative estimate of drug-likeness (QED) is 0.647. The van der Waals surface area contributed by atoms with Gasteiger partial charge in [-0.1, -0.05) is 6.07 Å². The number of nitrogens with one attached hydrogen (secondary N) is 1. The van der Waals surface area contributed by atoms with Gasteiger partial charge >= 0.3 is 0 Å². The van der Waals surface area contributed by atoms with E-state index < -0.39 is 0 Å². The minimum Gasteiger partial charge on any atom is -0.436 e. The van der Waals surface area contributed by atoms with Gasteiger partial charge < -0.3 is 14.1 Å². The van der Waals surface area contributed by atoms with Crippen molar-refractivity contribution in [3.8, 4) is 11.3 Å². The molecule has 0 spiro atoms. The van der Waals surface area contributed by atoms with Crippen LogP contribution >= 0.6 is 11.3 Å². The first kappa shape index (κ1) is 20.2. The molecule has 1 aliphatic rings. The Kier molecular flexibility index (Phi) is 5.65. The summed E-state index contributed by atoms with van der Waals surface area (Å²) in [4.78, 5) is 35.1. The van der Waals surface area contributed by atoms with Gasteiger partial charge in [0.1, 0.15) is 0 Å². The van der Waals surface area contributed by atoms with Crippen molar-refractivity contribution in [3.05, 3.63) is 46.5 Å². The van der Waals surface area contributed by atoms with Crippen LogP contribution < -0.4 is 10.2 Å². The van der Waals surface area contributed by atoms with Gasteiger partial charge in [0.25, 0.3) is 5.91 Å². The van der Waals surface area contributed by atoms with Gasteiger partial charge in [0.2, 0.25) is 11.7 Å². The highest BCUT2D eigenvalue weighted by atomic mass is 32.1. The van der Waals surface area contributed by atoms with E-state index in [4.69, 9.17) is 9.15 Å². The molecular formula is C21H22N4O4S. The van der Waals surface area contributed by atoms with Gasteiger partial charge in [-0.05, 0) is 31.0 Å². The number of thiazole rings is 1. The van der Waals surface area contributed by atoms with E-state index >= 15 is 0 Å². The lowest BCUT2D eigenvalue weighted by atomic mass is 9.98. The van der Waals surface area contributed by atoms with Crippen molar-refractivity contribution in [2.24, 2.45) is 0 Å². The molecule has 0 radical (unpaired) electrons. The van der Waals surface area contributed by atoms with Crippen molar-refractivity contribution >= 4 is 34.0 Å². The Bertz CT molecular complexity index is 1100. The van der Waals surface area contributed by atoms with E-state index in [0.717, 1.165) is 22.5 Å². The summed E-state index contributed by atoms with van der Waals surface area (Å²) in [5.41, 5.74) is 4.28. The molecule has 0 bridgehead atoms. The summed E-state index contributed by atoms with van der Waals surface area (Å²) in [6.45, 7) is 4.46. The molecule has 1 N–H and O–H groups in total. The fourth-order valence-corrected chi connectivity index (χ4v) is 4.22. The van der Waals surface area contributed by atoms with Crippen LogP contribution in [0.1, 0.15) is 34.1 Å². The monoisotopic (exact) mass is 426 g/mol. The van der Waals surface area contributed by atoms with Crippen LogP contribution in [0.2, 0.25) is 0 Å². The largest absolute Gasteiger partial charge is 0.436 e. The number of nitrogens with zero attached hydrogens (tertiary/aromatic N) is 3. The number of aromatic nitrogens is 2. The third-order valence-electron chi connectivity index (χ3n) is 4.93. The van der Waals surface area contributed by atoms with Gasteiger partial charge in [0.15, 0.2) is 11.0 Å². The number of hydrogen-bond acceptors (Lipinski definition) is 7. The molecule has 30 heavy (non-hydrogen) atoms. The predicted molar refractivity (Wildman–Crippen MR) is 114 cm³/mol. The molecule has 0 saturated heterocycles. The summed E-state index contributed by atoms with van der Waals surface area (Å²) in [6.07, 6.45) is 1.18. The van der Waals surface area contributed by atoms with Crippen LogP contribution in [0.4, 0.5) is 10.8 Å². The summed E-state index contributed by atoms with van der Waals surface area (Å²) in [7, 11) is 1.63. The summed E-state index contributed by atoms with van der Waals surface area (Å²) < 4.78 is 10.5. The molecule has 156 valence electrons. The molecule has 0 aliphatic carbocycles. The number of amides is 2. The molecule has 9 heteroatoms. The molecule has 1 aliphatic heterocycles. The first-order valence-corrected chi connectivity index (χ1v) is 10.5. The van der Waals surface area contributed by atoms with Crippen LogP contribution in [0.25, 0.3) is 11.3 Å². The first-order valence-electron chi connectivity index (χ1n) is 9.59. The van der Waals surface area contributed by atoms with Crippen molar-refractivity contribution in [3.63, 3.8) is 0 Å². The molecular weight excluding hydrogens is 404 g/mol. The second kappa shape index (κ2) is 8.37. The number of benzene rings is 1.